The number of carbonyl (C=O) groups excluding carboxylic acids is 1. The number of nitrogens with one attached hydrogen (secondary N) is 3. The van der Waals surface area contributed by atoms with Crippen LogP contribution in [0.25, 0.3) is 0 Å². The number of carboxylic acid groups (broad SMARTS) is 1. The van der Waals surface area contributed by atoms with Gasteiger partial charge in [-0.05, 0) is 85.3 Å². The molecule has 272 valence electrons. The Balaban J connectivity index is 0.000000272. The van der Waals surface area contributed by atoms with Crippen molar-refractivity contribution in [2.45, 2.75) is 61.8 Å². The average molecular weight is 724 g/mol. The zero-order chi connectivity index (χ0) is 36.9. The molecule has 1 atom stereocenters. The fraction of sp³-hybridized carbons (Fsp3) is 0.316. The summed E-state index contributed by atoms with van der Waals surface area (Å²) in [4.78, 5) is 26.5. The number of ether oxygens (including phenoxy) is 1. The largest absolute Gasteiger partial charge is 0.573 e. The van der Waals surface area contributed by atoms with Crippen LogP contribution in [-0.4, -0.2) is 58.9 Å². The van der Waals surface area contributed by atoms with E-state index >= 15 is 0 Å². The van der Waals surface area contributed by atoms with E-state index in [0.717, 1.165) is 54.3 Å². The van der Waals surface area contributed by atoms with Gasteiger partial charge in [-0.3, -0.25) is 4.79 Å². The normalized spacial score (nSPS) is 13.8. The van der Waals surface area contributed by atoms with Gasteiger partial charge in [0.1, 0.15) is 10.5 Å². The van der Waals surface area contributed by atoms with Crippen molar-refractivity contribution in [2.24, 2.45) is 5.73 Å². The molecule has 6 N–H and O–H groups in total. The summed E-state index contributed by atoms with van der Waals surface area (Å²) >= 11 is 1.25. The van der Waals surface area contributed by atoms with Crippen molar-refractivity contribution in [3.8, 4) is 5.75 Å². The third-order valence-corrected chi connectivity index (χ3v) is 9.21. The van der Waals surface area contributed by atoms with Crippen molar-refractivity contribution in [3.63, 3.8) is 0 Å². The molecule has 51 heavy (non-hydrogen) atoms. The number of aliphatic carboxylic acids is 1. The summed E-state index contributed by atoms with van der Waals surface area (Å²) in [6, 6.07) is 30.9. The molecule has 0 aliphatic heterocycles. The summed E-state index contributed by atoms with van der Waals surface area (Å²) in [5.41, 5.74) is 10.9. The monoisotopic (exact) mass is 723 g/mol. The van der Waals surface area contributed by atoms with Gasteiger partial charge in [0.15, 0.2) is 0 Å². The number of anilines is 1. The molecule has 0 radical (unpaired) electrons. The van der Waals surface area contributed by atoms with Crippen LogP contribution in [0.2, 0.25) is 0 Å². The summed E-state index contributed by atoms with van der Waals surface area (Å²) in [5, 5.41) is 18.8. The summed E-state index contributed by atoms with van der Waals surface area (Å²) < 4.78 is 39.7. The number of urea groups is 1. The van der Waals surface area contributed by atoms with E-state index < -0.39 is 23.1 Å². The van der Waals surface area contributed by atoms with Gasteiger partial charge in [-0.2, -0.15) is 0 Å². The number of carboxylic acids is 1. The van der Waals surface area contributed by atoms with Crippen LogP contribution in [0.5, 0.6) is 5.75 Å². The van der Waals surface area contributed by atoms with Crippen LogP contribution in [0.1, 0.15) is 36.1 Å². The van der Waals surface area contributed by atoms with E-state index in [1.807, 2.05) is 30.3 Å². The maximum Gasteiger partial charge on any atom is 0.573 e. The number of nitrogens with zero attached hydrogens (tertiary/aromatic N) is 1. The van der Waals surface area contributed by atoms with Gasteiger partial charge in [0.2, 0.25) is 0 Å². The second-order valence-corrected chi connectivity index (χ2v) is 14.1. The number of thioether (sulfide) groups is 1. The zero-order valence-corrected chi connectivity index (χ0v) is 29.4. The molecule has 0 fully saturated rings. The molecule has 0 heterocycles. The van der Waals surface area contributed by atoms with E-state index in [2.05, 4.69) is 69.2 Å². The van der Waals surface area contributed by atoms with Crippen molar-refractivity contribution in [3.05, 3.63) is 125 Å². The second-order valence-electron chi connectivity index (χ2n) is 12.4. The summed E-state index contributed by atoms with van der Waals surface area (Å²) in [6.07, 6.45) is -3.65. The molecule has 0 saturated carbocycles. The molecular weight excluding hydrogens is 680 g/mol. The van der Waals surface area contributed by atoms with Gasteiger partial charge >= 0.3 is 18.4 Å². The Morgan fingerprint density at radius 3 is 1.90 bits per heavy atom. The predicted octanol–water partition coefficient (Wildman–Crippen LogP) is 7.02. The maximum absolute atomic E-state index is 12.8. The first-order chi connectivity index (χ1) is 24.3. The van der Waals surface area contributed by atoms with Gasteiger partial charge in [0.05, 0.1) is 6.67 Å². The molecule has 5 rings (SSSR count). The van der Waals surface area contributed by atoms with Crippen molar-refractivity contribution in [1.29, 1.82) is 0 Å². The van der Waals surface area contributed by atoms with Crippen LogP contribution in [0.4, 0.5) is 23.7 Å². The summed E-state index contributed by atoms with van der Waals surface area (Å²) in [7, 11) is 0. The molecule has 4 aromatic carbocycles. The Morgan fingerprint density at radius 1 is 0.843 bits per heavy atom. The summed E-state index contributed by atoms with van der Waals surface area (Å²) in [6.45, 7) is 7.08. The number of rotatable bonds is 14. The number of hydrogen-bond donors (Lipinski definition) is 5. The number of hydrogen-bond acceptors (Lipinski definition) is 7. The highest BCUT2D eigenvalue weighted by atomic mass is 32.2. The van der Waals surface area contributed by atoms with Crippen molar-refractivity contribution < 1.29 is 32.6 Å². The molecule has 9 nitrogen and oxygen atoms in total. The fourth-order valence-electron chi connectivity index (χ4n) is 5.36. The first-order valence-corrected chi connectivity index (χ1v) is 17.3. The molecule has 0 unspecified atom stereocenters. The molecule has 0 bridgehead atoms. The topological polar surface area (TPSA) is 129 Å². The van der Waals surface area contributed by atoms with Crippen LogP contribution in [0, 0.1) is 0 Å². The molecule has 1 aliphatic rings. The molecule has 0 saturated heterocycles. The Morgan fingerprint density at radius 2 is 1.39 bits per heavy atom. The van der Waals surface area contributed by atoms with Crippen LogP contribution in [0.15, 0.2) is 108 Å². The lowest BCUT2D eigenvalue weighted by Crippen LogP contribution is -2.46. The van der Waals surface area contributed by atoms with E-state index in [1.165, 1.54) is 39.9 Å². The Hall–Kier alpha value is -4.56. The Kier molecular flexibility index (Phi) is 14.3. The van der Waals surface area contributed by atoms with E-state index in [1.54, 1.807) is 13.8 Å². The summed E-state index contributed by atoms with van der Waals surface area (Å²) in [5.74, 6) is -1.29. The fourth-order valence-corrected chi connectivity index (χ4v) is 6.37. The number of nitrogens with two attached hydrogens (primary N) is 1. The molecule has 0 spiro atoms. The van der Waals surface area contributed by atoms with Crippen LogP contribution >= 0.6 is 11.8 Å². The molecule has 1 aliphatic carbocycles. The van der Waals surface area contributed by atoms with Gasteiger partial charge in [-0.1, -0.05) is 66.7 Å². The van der Waals surface area contributed by atoms with Gasteiger partial charge in [-0.25, -0.2) is 4.79 Å². The maximum atomic E-state index is 12.8. The third-order valence-electron chi connectivity index (χ3n) is 8.04. The first-order valence-electron chi connectivity index (χ1n) is 16.5. The third kappa shape index (κ3) is 12.9. The highest BCUT2D eigenvalue weighted by Gasteiger charge is 2.33. The molecule has 13 heteroatoms. The van der Waals surface area contributed by atoms with Gasteiger partial charge in [0, 0.05) is 42.8 Å². The minimum absolute atomic E-state index is 0.0482. The highest BCUT2D eigenvalue weighted by molar-refractivity contribution is 8.01. The Bertz CT molecular complexity index is 1650. The van der Waals surface area contributed by atoms with E-state index in [9.17, 15) is 27.9 Å². The van der Waals surface area contributed by atoms with Gasteiger partial charge < -0.3 is 36.4 Å². The lowest BCUT2D eigenvalue weighted by atomic mass is 10.1. The molecule has 2 amide bonds. The number of fused-ring (bicyclic) bond motifs is 1. The van der Waals surface area contributed by atoms with Crippen molar-refractivity contribution in [2.75, 3.05) is 25.1 Å². The smallest absolute Gasteiger partial charge is 0.480 e. The van der Waals surface area contributed by atoms with Crippen molar-refractivity contribution in [1.82, 2.24) is 15.5 Å². The lowest BCUT2D eigenvalue weighted by molar-refractivity contribution is -0.274. The minimum Gasteiger partial charge on any atom is -0.480 e. The molecule has 4 aromatic rings. The number of carbonyl (C=O) groups is 2. The molecular formula is C38H44F3N5O4S. The van der Waals surface area contributed by atoms with Crippen LogP contribution < -0.4 is 26.4 Å². The Labute approximate surface area is 300 Å². The van der Waals surface area contributed by atoms with Crippen LogP contribution in [0.3, 0.4) is 0 Å². The molecule has 0 aromatic heterocycles. The average Bonchev–Trinajstić information content (AvgIpc) is 3.51. The predicted molar refractivity (Wildman–Crippen MR) is 195 cm³/mol. The van der Waals surface area contributed by atoms with Gasteiger partial charge in [-0.15, -0.1) is 24.9 Å². The highest BCUT2D eigenvalue weighted by Crippen LogP contribution is 2.36. The SMILES string of the molecule is CC(C)(Sc1ccc2c(c1)C[C@@H](N(CN)C(=O)Nc1ccc(OC(F)(F)F)cc1)C2)C(=O)O.c1ccc(CNCCNCc2ccccc2)cc1. The van der Waals surface area contributed by atoms with E-state index in [4.69, 9.17) is 5.73 Å². The van der Waals surface area contributed by atoms with Crippen molar-refractivity contribution >= 4 is 29.4 Å². The minimum atomic E-state index is -4.79. The van der Waals surface area contributed by atoms with E-state index in [0.29, 0.717) is 18.5 Å². The standard InChI is InChI=1S/C22H24F3N3O4S.C16H20N2/c1-21(2,19(29)30)33-18-8-3-13-9-16(10-14(13)11-18)28(12-26)20(31)27-15-4-6-17(7-5-15)32-22(23,24)25;1-3-7-15(8-4-1)13-17-11-12-18-14-16-9-5-2-6-10-16/h3-8,11,16H,9-10,12,26H2,1-2H3,(H,27,31)(H,29,30);1-10,17-18H,11-14H2/t16-;/m0./s1. The quantitative estimate of drug-likeness (QED) is 0.0534. The van der Waals surface area contributed by atoms with Gasteiger partial charge in [0.25, 0.3) is 0 Å². The first kappa shape index (κ1) is 39.2. The second kappa shape index (κ2) is 18.6. The number of amides is 2. The number of alkyl halides is 3. The van der Waals surface area contributed by atoms with Crippen LogP contribution in [-0.2, 0) is 30.7 Å². The number of halogens is 3. The van der Waals surface area contributed by atoms with E-state index in [-0.39, 0.29) is 18.5 Å². The number of benzene rings is 4. The lowest BCUT2D eigenvalue weighted by Gasteiger charge is -2.27. The zero-order valence-electron chi connectivity index (χ0n) is 28.6.